The minimum absolute atomic E-state index is 0.0104. The zero-order valence-electron chi connectivity index (χ0n) is 16.7. The second-order valence-corrected chi connectivity index (χ2v) is 8.51. The minimum atomic E-state index is -0.187. The van der Waals surface area contributed by atoms with Gasteiger partial charge in [0.15, 0.2) is 11.5 Å². The van der Waals surface area contributed by atoms with Gasteiger partial charge in [-0.3, -0.25) is 4.57 Å². The van der Waals surface area contributed by atoms with Gasteiger partial charge in [0.05, 0.1) is 5.69 Å². The third-order valence-electron chi connectivity index (χ3n) is 5.45. The molecule has 8 nitrogen and oxygen atoms in total. The normalized spacial score (nSPS) is 16.7. The topological polar surface area (TPSA) is 81.2 Å². The molecule has 1 saturated heterocycles. The second kappa shape index (κ2) is 7.43. The number of hydrogen-bond donors (Lipinski definition) is 0. The molecule has 0 bridgehead atoms. The van der Waals surface area contributed by atoms with Crippen molar-refractivity contribution in [3.05, 3.63) is 52.6 Å². The molecule has 3 aromatic heterocycles. The van der Waals surface area contributed by atoms with Crippen molar-refractivity contribution >= 4 is 5.65 Å². The van der Waals surface area contributed by atoms with Crippen LogP contribution in [0.1, 0.15) is 51.0 Å². The molecule has 1 aliphatic heterocycles. The van der Waals surface area contributed by atoms with Gasteiger partial charge in [-0.15, -0.1) is 10.2 Å². The number of nitrogens with zero attached hydrogens (tertiary/aromatic N) is 7. The van der Waals surface area contributed by atoms with E-state index >= 15 is 0 Å². The van der Waals surface area contributed by atoms with E-state index in [1.807, 2.05) is 16.6 Å². The van der Waals surface area contributed by atoms with Gasteiger partial charge in [0.2, 0.25) is 0 Å². The Bertz CT molecular complexity index is 1010. The first-order valence-electron chi connectivity index (χ1n) is 9.88. The van der Waals surface area contributed by atoms with E-state index in [1.54, 1.807) is 16.8 Å². The van der Waals surface area contributed by atoms with Gasteiger partial charge >= 0.3 is 5.69 Å². The molecule has 148 valence electrons. The summed E-state index contributed by atoms with van der Waals surface area (Å²) in [6.07, 6.45) is 5.36. The molecule has 0 N–H and O–H groups in total. The van der Waals surface area contributed by atoms with Crippen molar-refractivity contribution in [2.24, 2.45) is 0 Å². The summed E-state index contributed by atoms with van der Waals surface area (Å²) in [5.74, 6) is 1.32. The predicted molar refractivity (Wildman–Crippen MR) is 106 cm³/mol. The molecule has 0 aliphatic carbocycles. The molecule has 4 heterocycles. The number of hydrogen-bond acceptors (Lipinski definition) is 6. The van der Waals surface area contributed by atoms with Crippen molar-refractivity contribution in [1.29, 1.82) is 0 Å². The number of rotatable bonds is 4. The zero-order valence-corrected chi connectivity index (χ0v) is 16.7. The van der Waals surface area contributed by atoms with Gasteiger partial charge in [-0.25, -0.2) is 9.78 Å². The lowest BCUT2D eigenvalue weighted by molar-refractivity contribution is 0.200. The first-order chi connectivity index (χ1) is 13.4. The maximum Gasteiger partial charge on any atom is 0.347 e. The summed E-state index contributed by atoms with van der Waals surface area (Å²) in [4.78, 5) is 17.9. The van der Waals surface area contributed by atoms with Crippen molar-refractivity contribution in [3.8, 4) is 0 Å². The molecule has 1 fully saturated rings. The Morgan fingerprint density at radius 3 is 2.61 bits per heavy atom. The monoisotopic (exact) mass is 381 g/mol. The van der Waals surface area contributed by atoms with E-state index in [2.05, 4.69) is 40.9 Å². The van der Waals surface area contributed by atoms with Gasteiger partial charge < -0.3 is 4.90 Å². The Balaban J connectivity index is 1.42. The molecule has 0 aromatic carbocycles. The standard InChI is InChI=1S/C20H27N7O/c1-20(2,3)16-5-6-17-22-23-18(27(17)24-16)15-7-11-25(12-8-15)13-14-26-10-4-9-21-19(26)28/h4-6,9-10,15H,7-8,11-14H2,1-3H3. The van der Waals surface area contributed by atoms with Crippen LogP contribution in [0, 0.1) is 0 Å². The number of likely N-dealkylation sites (tertiary alicyclic amines) is 1. The predicted octanol–water partition coefficient (Wildman–Crippen LogP) is 1.86. The van der Waals surface area contributed by atoms with E-state index < -0.39 is 0 Å². The highest BCUT2D eigenvalue weighted by molar-refractivity contribution is 5.37. The first kappa shape index (κ1) is 18.7. The van der Waals surface area contributed by atoms with Crippen LogP contribution in [0.15, 0.2) is 35.4 Å². The highest BCUT2D eigenvalue weighted by Gasteiger charge is 2.26. The molecule has 0 atom stereocenters. The van der Waals surface area contributed by atoms with Crippen molar-refractivity contribution in [3.63, 3.8) is 0 Å². The molecule has 0 radical (unpaired) electrons. The maximum atomic E-state index is 11.7. The molecule has 28 heavy (non-hydrogen) atoms. The molecule has 0 amide bonds. The largest absolute Gasteiger partial charge is 0.347 e. The van der Waals surface area contributed by atoms with Crippen LogP contribution < -0.4 is 5.69 Å². The summed E-state index contributed by atoms with van der Waals surface area (Å²) >= 11 is 0. The van der Waals surface area contributed by atoms with Gasteiger partial charge in [-0.05, 0) is 44.1 Å². The van der Waals surface area contributed by atoms with E-state index in [0.29, 0.717) is 12.5 Å². The summed E-state index contributed by atoms with van der Waals surface area (Å²) in [7, 11) is 0. The van der Waals surface area contributed by atoms with E-state index in [0.717, 1.165) is 49.6 Å². The second-order valence-electron chi connectivity index (χ2n) is 8.51. The van der Waals surface area contributed by atoms with Gasteiger partial charge in [0, 0.05) is 36.8 Å². The molecule has 1 aliphatic rings. The smallest absolute Gasteiger partial charge is 0.302 e. The summed E-state index contributed by atoms with van der Waals surface area (Å²) in [6, 6.07) is 5.84. The quantitative estimate of drug-likeness (QED) is 0.686. The molecule has 3 aromatic rings. The Morgan fingerprint density at radius 1 is 1.11 bits per heavy atom. The summed E-state index contributed by atoms with van der Waals surface area (Å²) in [5, 5.41) is 13.6. The van der Waals surface area contributed by atoms with E-state index in [9.17, 15) is 4.79 Å². The minimum Gasteiger partial charge on any atom is -0.302 e. The van der Waals surface area contributed by atoms with Gasteiger partial charge in [-0.1, -0.05) is 20.8 Å². The average Bonchev–Trinajstić information content (AvgIpc) is 3.10. The number of aromatic nitrogens is 6. The molecular weight excluding hydrogens is 354 g/mol. The lowest BCUT2D eigenvalue weighted by Gasteiger charge is -2.31. The Kier molecular flexibility index (Phi) is 4.97. The summed E-state index contributed by atoms with van der Waals surface area (Å²) < 4.78 is 3.59. The molecule has 0 saturated carbocycles. The van der Waals surface area contributed by atoms with Crippen LogP contribution in [-0.2, 0) is 12.0 Å². The molecular formula is C20H27N7O. The Hall–Kier alpha value is -2.61. The average molecular weight is 381 g/mol. The summed E-state index contributed by atoms with van der Waals surface area (Å²) in [6.45, 7) is 9.97. The highest BCUT2D eigenvalue weighted by atomic mass is 16.1. The molecule has 4 rings (SSSR count). The number of piperidine rings is 1. The van der Waals surface area contributed by atoms with Crippen LogP contribution in [0.5, 0.6) is 0 Å². The van der Waals surface area contributed by atoms with Crippen LogP contribution in [0.3, 0.4) is 0 Å². The zero-order chi connectivity index (χ0) is 19.7. The van der Waals surface area contributed by atoms with Crippen LogP contribution in [0.25, 0.3) is 5.65 Å². The van der Waals surface area contributed by atoms with E-state index in [4.69, 9.17) is 5.10 Å². The molecule has 8 heteroatoms. The van der Waals surface area contributed by atoms with Crippen LogP contribution in [0.2, 0.25) is 0 Å². The first-order valence-corrected chi connectivity index (χ1v) is 9.88. The third kappa shape index (κ3) is 3.82. The maximum absolute atomic E-state index is 11.7. The third-order valence-corrected chi connectivity index (χ3v) is 5.45. The van der Waals surface area contributed by atoms with E-state index in [1.165, 1.54) is 6.20 Å². The fraction of sp³-hybridized carbons (Fsp3) is 0.550. The van der Waals surface area contributed by atoms with Crippen LogP contribution >= 0.6 is 0 Å². The number of fused-ring (bicyclic) bond motifs is 1. The SMILES string of the molecule is CC(C)(C)c1ccc2nnc(C3CCN(CCn4cccnc4=O)CC3)n2n1. The van der Waals surface area contributed by atoms with Gasteiger partial charge in [0.25, 0.3) is 0 Å². The van der Waals surface area contributed by atoms with Crippen molar-refractivity contribution in [2.45, 2.75) is 51.5 Å². The van der Waals surface area contributed by atoms with Gasteiger partial charge in [0.1, 0.15) is 0 Å². The lowest BCUT2D eigenvalue weighted by Crippen LogP contribution is -2.37. The lowest BCUT2D eigenvalue weighted by atomic mass is 9.92. The van der Waals surface area contributed by atoms with E-state index in [-0.39, 0.29) is 11.1 Å². The fourth-order valence-electron chi connectivity index (χ4n) is 3.68. The van der Waals surface area contributed by atoms with Crippen LogP contribution in [0.4, 0.5) is 0 Å². The van der Waals surface area contributed by atoms with Crippen molar-refractivity contribution in [2.75, 3.05) is 19.6 Å². The van der Waals surface area contributed by atoms with Crippen molar-refractivity contribution in [1.82, 2.24) is 34.3 Å². The highest BCUT2D eigenvalue weighted by Crippen LogP contribution is 2.27. The van der Waals surface area contributed by atoms with Gasteiger partial charge in [-0.2, -0.15) is 9.61 Å². The van der Waals surface area contributed by atoms with Crippen molar-refractivity contribution < 1.29 is 0 Å². The summed E-state index contributed by atoms with van der Waals surface area (Å²) in [5.41, 5.74) is 1.65. The molecule has 0 unspecified atom stereocenters. The van der Waals surface area contributed by atoms with Crippen LogP contribution in [-0.4, -0.2) is 53.9 Å². The molecule has 0 spiro atoms. The Morgan fingerprint density at radius 2 is 1.89 bits per heavy atom. The fourth-order valence-corrected chi connectivity index (χ4v) is 3.68. The Labute approximate surface area is 164 Å².